The Morgan fingerprint density at radius 2 is 1.90 bits per heavy atom. The molecule has 4 nitrogen and oxygen atoms in total. The Morgan fingerprint density at radius 3 is 2.45 bits per heavy atom. The summed E-state index contributed by atoms with van der Waals surface area (Å²) in [5.74, 6) is 0. The normalized spacial score (nSPS) is 15.3. The van der Waals surface area contributed by atoms with Crippen LogP contribution in [0.3, 0.4) is 0 Å². The molecule has 0 aliphatic rings. The monoisotopic (exact) mass is 444 g/mol. The lowest BCUT2D eigenvalue weighted by molar-refractivity contribution is 0.0902. The van der Waals surface area contributed by atoms with E-state index in [0.29, 0.717) is 29.8 Å². The summed E-state index contributed by atoms with van der Waals surface area (Å²) in [6.07, 6.45) is -0.790. The molecule has 0 aliphatic carbocycles. The van der Waals surface area contributed by atoms with Gasteiger partial charge in [-0.2, -0.15) is 0 Å². The molecule has 0 radical (unpaired) electrons. The molecule has 1 aromatic heterocycles. The molecule has 164 valence electrons. The molecule has 0 aliphatic heterocycles. The Morgan fingerprint density at radius 1 is 1.24 bits per heavy atom. The van der Waals surface area contributed by atoms with Crippen LogP contribution in [0.2, 0.25) is 25.7 Å². The van der Waals surface area contributed by atoms with Gasteiger partial charge in [0.1, 0.15) is 11.5 Å². The molecule has 0 bridgehead atoms. The third-order valence-corrected chi connectivity index (χ3v) is 8.13. The summed E-state index contributed by atoms with van der Waals surface area (Å²) in [6, 6.07) is 5.85. The van der Waals surface area contributed by atoms with E-state index in [1.54, 1.807) is 12.3 Å². The first-order chi connectivity index (χ1) is 13.3. The van der Waals surface area contributed by atoms with Crippen LogP contribution in [0.5, 0.6) is 0 Å². The molecule has 1 N–H and O–H groups in total. The van der Waals surface area contributed by atoms with E-state index in [-0.39, 0.29) is 11.6 Å². The minimum Gasteiger partial charge on any atom is -0.598 e. The summed E-state index contributed by atoms with van der Waals surface area (Å²) >= 11 is -1.29. The van der Waals surface area contributed by atoms with Crippen LogP contribution in [0.4, 0.5) is 8.78 Å². The molecule has 0 amide bonds. The van der Waals surface area contributed by atoms with Crippen molar-refractivity contribution >= 4 is 30.3 Å². The van der Waals surface area contributed by atoms with Gasteiger partial charge in [-0.1, -0.05) is 19.6 Å². The highest BCUT2D eigenvalue weighted by atomic mass is 32.2. The van der Waals surface area contributed by atoms with Gasteiger partial charge in [0.2, 0.25) is 0 Å². The van der Waals surface area contributed by atoms with Gasteiger partial charge in [0.25, 0.3) is 6.43 Å². The van der Waals surface area contributed by atoms with E-state index in [1.165, 1.54) is 6.07 Å². The van der Waals surface area contributed by atoms with Gasteiger partial charge in [-0.25, -0.2) is 8.78 Å². The van der Waals surface area contributed by atoms with Crippen molar-refractivity contribution in [2.45, 2.75) is 77.3 Å². The number of hydrogen-bond acceptors (Lipinski definition) is 3. The fourth-order valence-electron chi connectivity index (χ4n) is 2.84. The second-order valence-corrected chi connectivity index (χ2v) is 17.3. The first-order valence-corrected chi connectivity index (χ1v) is 14.8. The highest BCUT2D eigenvalue weighted by molar-refractivity contribution is 7.90. The van der Waals surface area contributed by atoms with Crippen LogP contribution in [-0.2, 0) is 22.8 Å². The first kappa shape index (κ1) is 24.3. The summed E-state index contributed by atoms with van der Waals surface area (Å²) in [4.78, 5) is 0. The SMILES string of the molecule is C[C@@H](N[S@+]([O-])C(C)(C)C)c1cc(C(F)F)c2ccn(COCC[Si](C)(C)C)c2c1. The smallest absolute Gasteiger partial charge is 0.264 e. The number of nitrogens with zero attached hydrogens (tertiary/aromatic N) is 1. The fourth-order valence-corrected chi connectivity index (χ4v) is 4.40. The molecule has 1 aromatic carbocycles. The molecule has 1 heterocycles. The van der Waals surface area contributed by atoms with Gasteiger partial charge in [-0.15, -0.1) is 4.72 Å². The Kier molecular flexibility index (Phi) is 7.95. The topological polar surface area (TPSA) is 49.2 Å². The van der Waals surface area contributed by atoms with Gasteiger partial charge in [0.05, 0.1) is 11.6 Å². The molecule has 0 saturated carbocycles. The van der Waals surface area contributed by atoms with E-state index >= 15 is 0 Å². The standard InChI is InChI=1S/C21H34F2N2O2SSi/c1-15(24-28(26)21(2,3)4)16-12-18(20(22)23)17-8-9-25(19(17)13-16)14-27-10-11-29(5,6)7/h8-9,12-13,15,20,24H,10-11,14H2,1-7H3/t15-,28-/m1/s1. The molecular weight excluding hydrogens is 410 g/mol. The van der Waals surface area contributed by atoms with Crippen LogP contribution < -0.4 is 4.72 Å². The zero-order valence-corrected chi connectivity index (χ0v) is 20.3. The van der Waals surface area contributed by atoms with Gasteiger partial charge >= 0.3 is 0 Å². The number of halogens is 2. The highest BCUT2D eigenvalue weighted by Gasteiger charge is 2.29. The average molecular weight is 445 g/mol. The van der Waals surface area contributed by atoms with Crippen LogP contribution in [-0.4, -0.2) is 28.5 Å². The number of hydrogen-bond donors (Lipinski definition) is 1. The Hall–Kier alpha value is -0.933. The molecule has 0 spiro atoms. The molecule has 8 heteroatoms. The van der Waals surface area contributed by atoms with Gasteiger partial charge < -0.3 is 13.9 Å². The van der Waals surface area contributed by atoms with Gasteiger partial charge in [0, 0.05) is 43.2 Å². The van der Waals surface area contributed by atoms with Crippen LogP contribution in [0.25, 0.3) is 10.9 Å². The summed E-state index contributed by atoms with van der Waals surface area (Å²) < 4.78 is 50.2. The maximum Gasteiger partial charge on any atom is 0.264 e. The van der Waals surface area contributed by atoms with Crippen LogP contribution >= 0.6 is 0 Å². The number of benzene rings is 1. The lowest BCUT2D eigenvalue weighted by Crippen LogP contribution is -2.40. The predicted molar refractivity (Wildman–Crippen MR) is 120 cm³/mol. The predicted octanol–water partition coefficient (Wildman–Crippen LogP) is 6.00. The van der Waals surface area contributed by atoms with E-state index in [1.807, 2.05) is 38.3 Å². The minimum atomic E-state index is -2.58. The molecule has 0 unspecified atom stereocenters. The Balaban J connectivity index is 2.28. The maximum absolute atomic E-state index is 13.7. The second-order valence-electron chi connectivity index (χ2n) is 9.70. The van der Waals surface area contributed by atoms with Crippen molar-refractivity contribution in [1.82, 2.24) is 9.29 Å². The van der Waals surface area contributed by atoms with E-state index in [2.05, 4.69) is 24.4 Å². The largest absolute Gasteiger partial charge is 0.598 e. The van der Waals surface area contributed by atoms with Gasteiger partial charge in [-0.3, -0.25) is 0 Å². The third kappa shape index (κ3) is 6.78. The van der Waals surface area contributed by atoms with Crippen molar-refractivity contribution in [3.05, 3.63) is 35.5 Å². The van der Waals surface area contributed by atoms with E-state index in [4.69, 9.17) is 4.74 Å². The molecule has 0 fully saturated rings. The van der Waals surface area contributed by atoms with Crippen LogP contribution in [0.15, 0.2) is 24.4 Å². The maximum atomic E-state index is 13.7. The van der Waals surface area contributed by atoms with Crippen molar-refractivity contribution in [3.8, 4) is 0 Å². The number of nitrogens with one attached hydrogen (secondary N) is 1. The van der Waals surface area contributed by atoms with Crippen molar-refractivity contribution in [2.75, 3.05) is 6.61 Å². The zero-order valence-electron chi connectivity index (χ0n) is 18.5. The average Bonchev–Trinajstić information content (AvgIpc) is 2.99. The zero-order chi connectivity index (χ0) is 22.0. The Bertz CT molecular complexity index is 815. The third-order valence-electron chi connectivity index (χ3n) is 4.74. The number of ether oxygens (including phenoxy) is 1. The van der Waals surface area contributed by atoms with E-state index in [0.717, 1.165) is 6.04 Å². The van der Waals surface area contributed by atoms with Gasteiger partial charge in [-0.05, 0) is 57.5 Å². The molecule has 2 aromatic rings. The summed E-state index contributed by atoms with van der Waals surface area (Å²) in [7, 11) is -1.18. The van der Waals surface area contributed by atoms with Crippen molar-refractivity contribution in [2.24, 2.45) is 0 Å². The fraction of sp³-hybridized carbons (Fsp3) is 0.619. The van der Waals surface area contributed by atoms with Gasteiger partial charge in [0.15, 0.2) is 0 Å². The summed E-state index contributed by atoms with van der Waals surface area (Å²) in [5, 5.41) is 0.529. The lowest BCUT2D eigenvalue weighted by Gasteiger charge is -2.27. The van der Waals surface area contributed by atoms with E-state index in [9.17, 15) is 13.3 Å². The number of alkyl halides is 2. The minimum absolute atomic E-state index is 0.00598. The van der Waals surface area contributed by atoms with Crippen LogP contribution in [0.1, 0.15) is 51.3 Å². The summed E-state index contributed by atoms with van der Waals surface area (Å²) in [6.45, 7) is 15.3. The number of fused-ring (bicyclic) bond motifs is 1. The van der Waals surface area contributed by atoms with E-state index < -0.39 is 30.6 Å². The van der Waals surface area contributed by atoms with Crippen molar-refractivity contribution in [3.63, 3.8) is 0 Å². The second kappa shape index (κ2) is 9.47. The van der Waals surface area contributed by atoms with Crippen LogP contribution in [0, 0.1) is 0 Å². The van der Waals surface area contributed by atoms with Crippen molar-refractivity contribution < 1.29 is 18.1 Å². The molecule has 2 rings (SSSR count). The highest BCUT2D eigenvalue weighted by Crippen LogP contribution is 2.32. The molecule has 0 saturated heterocycles. The quantitative estimate of drug-likeness (QED) is 0.293. The lowest BCUT2D eigenvalue weighted by atomic mass is 10.0. The number of rotatable bonds is 9. The molecule has 29 heavy (non-hydrogen) atoms. The molecular formula is C21H34F2N2O2SSi. The first-order valence-electron chi connectivity index (χ1n) is 9.96. The summed E-state index contributed by atoms with van der Waals surface area (Å²) in [5.41, 5.74) is 1.39. The Labute approximate surface area is 177 Å². The molecule has 2 atom stereocenters. The van der Waals surface area contributed by atoms with Crippen molar-refractivity contribution in [1.29, 1.82) is 0 Å². The number of aromatic nitrogens is 1.